The van der Waals surface area contributed by atoms with E-state index in [0.29, 0.717) is 42.8 Å². The molecule has 9 nitrogen and oxygen atoms in total. The number of nitrogens with one attached hydrogen (secondary N) is 1. The first-order valence-electron chi connectivity index (χ1n) is 8.44. The number of hydrogen-bond donors (Lipinski definition) is 1. The van der Waals surface area contributed by atoms with Crippen molar-refractivity contribution in [3.63, 3.8) is 0 Å². The van der Waals surface area contributed by atoms with E-state index in [1.165, 1.54) is 10.5 Å². The van der Waals surface area contributed by atoms with Crippen LogP contribution in [-0.4, -0.2) is 64.4 Å². The lowest BCUT2D eigenvalue weighted by atomic mass is 10.2. The van der Waals surface area contributed by atoms with E-state index in [-0.39, 0.29) is 10.9 Å². The van der Waals surface area contributed by atoms with Crippen molar-refractivity contribution in [2.45, 2.75) is 24.3 Å². The van der Waals surface area contributed by atoms with E-state index >= 15 is 0 Å². The van der Waals surface area contributed by atoms with E-state index in [1.807, 2.05) is 14.0 Å². The van der Waals surface area contributed by atoms with E-state index < -0.39 is 10.0 Å². The number of likely N-dealkylation sites (N-methyl/N-ethyl adjacent to an activating group) is 1. The summed E-state index contributed by atoms with van der Waals surface area (Å²) in [4.78, 5) is 13.7. The Morgan fingerprint density at radius 1 is 1.35 bits per heavy atom. The maximum atomic E-state index is 13.2. The maximum Gasteiger partial charge on any atom is 0.258 e. The molecule has 1 atom stereocenters. The molecule has 1 unspecified atom stereocenters. The molecule has 0 saturated carbocycles. The van der Waals surface area contributed by atoms with Gasteiger partial charge in [0.2, 0.25) is 10.0 Å². The number of nitrogens with zero attached hydrogens (tertiary/aromatic N) is 5. The third kappa shape index (κ3) is 2.79. The van der Waals surface area contributed by atoms with Crippen molar-refractivity contribution in [1.29, 1.82) is 0 Å². The Kier molecular flexibility index (Phi) is 4.25. The summed E-state index contributed by atoms with van der Waals surface area (Å²) in [6.45, 7) is 3.30. The van der Waals surface area contributed by atoms with Crippen LogP contribution < -0.4 is 0 Å². The first-order valence-corrected chi connectivity index (χ1v) is 9.88. The molecule has 3 aromatic rings. The highest BCUT2D eigenvalue weighted by atomic mass is 32.2. The zero-order chi connectivity index (χ0) is 18.3. The Morgan fingerprint density at radius 2 is 2.19 bits per heavy atom. The van der Waals surface area contributed by atoms with Gasteiger partial charge in [0.15, 0.2) is 0 Å². The van der Waals surface area contributed by atoms with Crippen LogP contribution in [0.2, 0.25) is 0 Å². The van der Waals surface area contributed by atoms with Gasteiger partial charge in [-0.2, -0.15) is 4.31 Å². The van der Waals surface area contributed by atoms with E-state index in [2.05, 4.69) is 25.0 Å². The molecule has 1 aliphatic rings. The lowest BCUT2D eigenvalue weighted by Gasteiger charge is -2.37. The molecule has 0 aromatic carbocycles. The largest absolute Gasteiger partial charge is 0.347 e. The van der Waals surface area contributed by atoms with Gasteiger partial charge in [0.1, 0.15) is 10.7 Å². The highest BCUT2D eigenvalue weighted by Gasteiger charge is 2.35. The van der Waals surface area contributed by atoms with Crippen LogP contribution in [0.3, 0.4) is 0 Å². The molecule has 26 heavy (non-hydrogen) atoms. The molecule has 0 bridgehead atoms. The highest BCUT2D eigenvalue weighted by Crippen LogP contribution is 2.27. The minimum Gasteiger partial charge on any atom is -0.347 e. The van der Waals surface area contributed by atoms with Crippen LogP contribution in [-0.2, 0) is 16.4 Å². The van der Waals surface area contributed by atoms with Crippen molar-refractivity contribution in [2.75, 3.05) is 26.7 Å². The van der Waals surface area contributed by atoms with Crippen molar-refractivity contribution in [2.24, 2.45) is 0 Å². The number of sulfonamides is 1. The number of H-pyrrole nitrogens is 1. The van der Waals surface area contributed by atoms with Crippen LogP contribution in [0.25, 0.3) is 11.1 Å². The number of pyridine rings is 1. The molecule has 0 aliphatic carbocycles. The van der Waals surface area contributed by atoms with Gasteiger partial charge in [-0.05, 0) is 19.5 Å². The monoisotopic (exact) mass is 376 g/mol. The Balaban J connectivity index is 1.67. The molecular weight excluding hydrogens is 356 g/mol. The van der Waals surface area contributed by atoms with Crippen LogP contribution in [0, 0.1) is 0 Å². The van der Waals surface area contributed by atoms with Crippen LogP contribution in [0.1, 0.15) is 24.5 Å². The van der Waals surface area contributed by atoms with E-state index in [9.17, 15) is 8.42 Å². The highest BCUT2D eigenvalue weighted by molar-refractivity contribution is 7.89. The summed E-state index contributed by atoms with van der Waals surface area (Å²) in [6.07, 6.45) is 5.40. The molecule has 0 spiro atoms. The topological polar surface area (TPSA) is 108 Å². The Bertz CT molecular complexity index is 1010. The predicted molar refractivity (Wildman–Crippen MR) is 93.9 cm³/mol. The van der Waals surface area contributed by atoms with Crippen LogP contribution >= 0.6 is 0 Å². The standard InChI is InChI=1S/C16H20N6O3S/c1-3-13-12-8-11(9-19-16(12)25-20-13)26(23,24)22-7-6-21(2)14(10-22)15-17-4-5-18-15/h4-5,8-9,14H,3,6-7,10H2,1-2H3,(H,17,18). The fraction of sp³-hybridized carbons (Fsp3) is 0.438. The zero-order valence-electron chi connectivity index (χ0n) is 14.6. The Hall–Kier alpha value is -2.30. The van der Waals surface area contributed by atoms with Gasteiger partial charge in [0.05, 0.1) is 23.3 Å². The van der Waals surface area contributed by atoms with Crippen molar-refractivity contribution in [3.8, 4) is 0 Å². The summed E-state index contributed by atoms with van der Waals surface area (Å²) >= 11 is 0. The molecule has 1 N–H and O–H groups in total. The molecule has 138 valence electrons. The lowest BCUT2D eigenvalue weighted by Crippen LogP contribution is -2.49. The Labute approximate surface area is 151 Å². The minimum atomic E-state index is -3.67. The second-order valence-electron chi connectivity index (χ2n) is 6.34. The first kappa shape index (κ1) is 17.1. The molecule has 0 radical (unpaired) electrons. The third-order valence-corrected chi connectivity index (χ3v) is 6.63. The van der Waals surface area contributed by atoms with Crippen LogP contribution in [0.5, 0.6) is 0 Å². The third-order valence-electron chi connectivity index (χ3n) is 4.80. The number of fused-ring (bicyclic) bond motifs is 1. The molecule has 10 heteroatoms. The number of piperazine rings is 1. The zero-order valence-corrected chi connectivity index (χ0v) is 15.4. The first-order chi connectivity index (χ1) is 12.5. The SMILES string of the molecule is CCc1noc2ncc(S(=O)(=O)N3CCN(C)C(c4ncc[nH]4)C3)cc12. The second kappa shape index (κ2) is 6.45. The summed E-state index contributed by atoms with van der Waals surface area (Å²) in [6, 6.07) is 1.49. The van der Waals surface area contributed by atoms with Gasteiger partial charge >= 0.3 is 0 Å². The summed E-state index contributed by atoms with van der Waals surface area (Å²) in [5.41, 5.74) is 1.06. The van der Waals surface area contributed by atoms with Crippen molar-refractivity contribution >= 4 is 21.1 Å². The van der Waals surface area contributed by atoms with E-state index in [0.717, 1.165) is 5.82 Å². The number of rotatable bonds is 4. The fourth-order valence-electron chi connectivity index (χ4n) is 3.23. The number of hydrogen-bond acceptors (Lipinski definition) is 7. The van der Waals surface area contributed by atoms with Gasteiger partial charge < -0.3 is 9.51 Å². The molecule has 0 amide bonds. The van der Waals surface area contributed by atoms with Gasteiger partial charge in [-0.15, -0.1) is 0 Å². The van der Waals surface area contributed by atoms with Gasteiger partial charge in [0.25, 0.3) is 5.71 Å². The summed E-state index contributed by atoms with van der Waals surface area (Å²) in [5.74, 6) is 0.758. The lowest BCUT2D eigenvalue weighted by molar-refractivity contribution is 0.142. The van der Waals surface area contributed by atoms with Crippen molar-refractivity contribution in [3.05, 3.63) is 36.2 Å². The molecule has 1 fully saturated rings. The summed E-state index contributed by atoms with van der Waals surface area (Å²) in [7, 11) is -1.70. The van der Waals surface area contributed by atoms with E-state index in [1.54, 1.807) is 18.5 Å². The van der Waals surface area contributed by atoms with E-state index in [4.69, 9.17) is 4.52 Å². The summed E-state index contributed by atoms with van der Waals surface area (Å²) in [5, 5.41) is 4.58. The molecule has 1 saturated heterocycles. The van der Waals surface area contributed by atoms with Gasteiger partial charge in [-0.25, -0.2) is 18.4 Å². The molecule has 1 aliphatic heterocycles. The quantitative estimate of drug-likeness (QED) is 0.728. The predicted octanol–water partition coefficient (Wildman–Crippen LogP) is 1.19. The Morgan fingerprint density at radius 3 is 2.92 bits per heavy atom. The minimum absolute atomic E-state index is 0.119. The average Bonchev–Trinajstić information content (AvgIpc) is 3.31. The molecule has 4 heterocycles. The van der Waals surface area contributed by atoms with Crippen molar-refractivity contribution < 1.29 is 12.9 Å². The van der Waals surface area contributed by atoms with Gasteiger partial charge in [-0.3, -0.25) is 4.90 Å². The number of imidazole rings is 1. The maximum absolute atomic E-state index is 13.2. The number of aryl methyl sites for hydroxylation is 1. The molecule has 3 aromatic heterocycles. The molecular formula is C16H20N6O3S. The van der Waals surface area contributed by atoms with Gasteiger partial charge in [0, 0.05) is 32.0 Å². The molecule has 4 rings (SSSR count). The van der Waals surface area contributed by atoms with Crippen molar-refractivity contribution in [1.82, 2.24) is 29.3 Å². The fourth-order valence-corrected chi connectivity index (χ4v) is 4.64. The van der Waals surface area contributed by atoms with Gasteiger partial charge in [-0.1, -0.05) is 12.1 Å². The van der Waals surface area contributed by atoms with Crippen LogP contribution in [0.15, 0.2) is 34.1 Å². The normalized spacial score (nSPS) is 20.0. The number of aromatic nitrogens is 4. The average molecular weight is 376 g/mol. The smallest absolute Gasteiger partial charge is 0.258 e. The van der Waals surface area contributed by atoms with Crippen LogP contribution in [0.4, 0.5) is 0 Å². The number of aromatic amines is 1. The summed E-state index contributed by atoms with van der Waals surface area (Å²) < 4.78 is 33.0. The second-order valence-corrected chi connectivity index (χ2v) is 8.28.